The number of aromatic nitrogens is 5. The van der Waals surface area contributed by atoms with E-state index in [0.29, 0.717) is 35.1 Å². The Hall–Kier alpha value is -3.88. The number of aryl methyl sites for hydroxylation is 1. The first-order valence-electron chi connectivity index (χ1n) is 8.99. The van der Waals surface area contributed by atoms with Gasteiger partial charge in [-0.2, -0.15) is 4.98 Å². The van der Waals surface area contributed by atoms with Gasteiger partial charge in [0, 0.05) is 30.9 Å². The molecular weight excluding hydrogens is 375 g/mol. The Kier molecular flexibility index (Phi) is 5.10. The van der Waals surface area contributed by atoms with Crippen LogP contribution in [0.15, 0.2) is 59.6 Å². The van der Waals surface area contributed by atoms with Gasteiger partial charge in [0.1, 0.15) is 23.7 Å². The lowest BCUT2D eigenvalue weighted by atomic mass is 10.2. The van der Waals surface area contributed by atoms with Gasteiger partial charge in [0.2, 0.25) is 0 Å². The number of halogens is 1. The first-order chi connectivity index (χ1) is 14.1. The molecule has 3 aromatic heterocycles. The number of amides is 1. The first-order valence-corrected chi connectivity index (χ1v) is 8.99. The summed E-state index contributed by atoms with van der Waals surface area (Å²) in [5.74, 6) is 0.839. The minimum Gasteiger partial charge on any atom is -0.346 e. The summed E-state index contributed by atoms with van der Waals surface area (Å²) in [7, 11) is 0. The Bertz CT molecular complexity index is 1140. The smallest absolute Gasteiger partial charge is 0.271 e. The normalized spacial score (nSPS) is 10.8. The van der Waals surface area contributed by atoms with Crippen LogP contribution in [0.4, 0.5) is 4.39 Å². The lowest BCUT2D eigenvalue weighted by Gasteiger charge is -2.04. The Balaban J connectivity index is 1.44. The standard InChI is InChI=1S/C20H17FN6O2/c1-2-17-25-20(29-26-17)14-7-8-18(22-10-14)27-11-16(24-12-27)19(28)23-9-13-5-3-4-6-15(13)21/h3-8,10-12H,2,9H2,1H3,(H,23,28). The highest BCUT2D eigenvalue weighted by atomic mass is 19.1. The van der Waals surface area contributed by atoms with Gasteiger partial charge in [-0.3, -0.25) is 9.36 Å². The van der Waals surface area contributed by atoms with E-state index in [4.69, 9.17) is 4.52 Å². The van der Waals surface area contributed by atoms with Gasteiger partial charge < -0.3 is 9.84 Å². The van der Waals surface area contributed by atoms with E-state index in [0.717, 1.165) is 0 Å². The molecule has 0 saturated carbocycles. The highest BCUT2D eigenvalue weighted by Crippen LogP contribution is 2.17. The molecule has 0 aliphatic rings. The predicted molar refractivity (Wildman–Crippen MR) is 102 cm³/mol. The summed E-state index contributed by atoms with van der Waals surface area (Å²) >= 11 is 0. The summed E-state index contributed by atoms with van der Waals surface area (Å²) in [6.45, 7) is 2.02. The maximum absolute atomic E-state index is 13.7. The van der Waals surface area contributed by atoms with Crippen LogP contribution in [0.3, 0.4) is 0 Å². The van der Waals surface area contributed by atoms with Crippen LogP contribution in [0.1, 0.15) is 28.8 Å². The topological polar surface area (TPSA) is 98.7 Å². The van der Waals surface area contributed by atoms with Gasteiger partial charge in [0.25, 0.3) is 11.8 Å². The zero-order valence-electron chi connectivity index (χ0n) is 15.5. The molecule has 29 heavy (non-hydrogen) atoms. The summed E-state index contributed by atoms with van der Waals surface area (Å²) in [6.07, 6.45) is 5.34. The summed E-state index contributed by atoms with van der Waals surface area (Å²) in [6, 6.07) is 9.84. The van der Waals surface area contributed by atoms with Gasteiger partial charge in [0.15, 0.2) is 5.82 Å². The molecule has 0 unspecified atom stereocenters. The van der Waals surface area contributed by atoms with E-state index >= 15 is 0 Å². The van der Waals surface area contributed by atoms with E-state index in [1.807, 2.05) is 6.92 Å². The van der Waals surface area contributed by atoms with Crippen molar-refractivity contribution in [2.75, 3.05) is 0 Å². The molecule has 4 rings (SSSR count). The molecule has 0 aliphatic carbocycles. The van der Waals surface area contributed by atoms with Crippen LogP contribution in [0.25, 0.3) is 17.3 Å². The van der Waals surface area contributed by atoms with E-state index in [2.05, 4.69) is 25.4 Å². The number of imidazole rings is 1. The SMILES string of the molecule is CCc1noc(-c2ccc(-n3cnc(C(=O)NCc4ccccc4F)c3)nc2)n1. The van der Waals surface area contributed by atoms with Crippen molar-refractivity contribution in [3.63, 3.8) is 0 Å². The molecule has 3 heterocycles. The quantitative estimate of drug-likeness (QED) is 0.542. The molecule has 1 amide bonds. The van der Waals surface area contributed by atoms with Crippen molar-refractivity contribution < 1.29 is 13.7 Å². The summed E-state index contributed by atoms with van der Waals surface area (Å²) in [4.78, 5) is 25.0. The van der Waals surface area contributed by atoms with Crippen molar-refractivity contribution in [3.05, 3.63) is 78.0 Å². The molecular formula is C20H17FN6O2. The van der Waals surface area contributed by atoms with Gasteiger partial charge >= 0.3 is 0 Å². The van der Waals surface area contributed by atoms with E-state index in [1.54, 1.807) is 47.3 Å². The first kappa shape index (κ1) is 18.5. The Morgan fingerprint density at radius 2 is 2.07 bits per heavy atom. The van der Waals surface area contributed by atoms with Crippen molar-refractivity contribution in [1.82, 2.24) is 30.0 Å². The molecule has 0 radical (unpaired) electrons. The molecule has 0 bridgehead atoms. The second kappa shape index (κ2) is 8.01. The van der Waals surface area contributed by atoms with Crippen molar-refractivity contribution >= 4 is 5.91 Å². The average Bonchev–Trinajstić information content (AvgIpc) is 3.43. The zero-order chi connectivity index (χ0) is 20.2. The van der Waals surface area contributed by atoms with Crippen LogP contribution in [0.5, 0.6) is 0 Å². The fourth-order valence-electron chi connectivity index (χ4n) is 2.65. The molecule has 0 atom stereocenters. The number of carbonyl (C=O) groups excluding carboxylic acids is 1. The average molecular weight is 392 g/mol. The maximum atomic E-state index is 13.7. The number of pyridine rings is 1. The van der Waals surface area contributed by atoms with E-state index in [1.165, 1.54) is 12.4 Å². The monoisotopic (exact) mass is 392 g/mol. The van der Waals surface area contributed by atoms with Crippen molar-refractivity contribution in [2.45, 2.75) is 19.9 Å². The second-order valence-electron chi connectivity index (χ2n) is 6.21. The molecule has 0 fully saturated rings. The number of benzene rings is 1. The predicted octanol–water partition coefficient (Wildman–Crippen LogP) is 2.95. The highest BCUT2D eigenvalue weighted by Gasteiger charge is 2.12. The number of nitrogens with one attached hydrogen (secondary N) is 1. The molecule has 8 nitrogen and oxygen atoms in total. The number of hydrogen-bond donors (Lipinski definition) is 1. The van der Waals surface area contributed by atoms with Crippen LogP contribution >= 0.6 is 0 Å². The lowest BCUT2D eigenvalue weighted by molar-refractivity contribution is 0.0946. The van der Waals surface area contributed by atoms with Crippen LogP contribution in [-0.4, -0.2) is 30.6 Å². The van der Waals surface area contributed by atoms with Gasteiger partial charge in [-0.05, 0) is 18.2 Å². The van der Waals surface area contributed by atoms with Crippen molar-refractivity contribution in [3.8, 4) is 17.3 Å². The van der Waals surface area contributed by atoms with Crippen molar-refractivity contribution in [2.24, 2.45) is 0 Å². The Morgan fingerprint density at radius 3 is 2.79 bits per heavy atom. The molecule has 1 aromatic carbocycles. The van der Waals surface area contributed by atoms with Crippen LogP contribution in [0.2, 0.25) is 0 Å². The lowest BCUT2D eigenvalue weighted by Crippen LogP contribution is -2.23. The molecule has 9 heteroatoms. The van der Waals surface area contributed by atoms with Crippen molar-refractivity contribution in [1.29, 1.82) is 0 Å². The fourth-order valence-corrected chi connectivity index (χ4v) is 2.65. The third-order valence-corrected chi connectivity index (χ3v) is 4.26. The van der Waals surface area contributed by atoms with Gasteiger partial charge in [0.05, 0.1) is 5.56 Å². The largest absolute Gasteiger partial charge is 0.346 e. The van der Waals surface area contributed by atoms with Crippen LogP contribution < -0.4 is 5.32 Å². The summed E-state index contributed by atoms with van der Waals surface area (Å²) in [5.41, 5.74) is 1.31. The third kappa shape index (κ3) is 4.03. The minimum atomic E-state index is -0.401. The summed E-state index contributed by atoms with van der Waals surface area (Å²) in [5, 5.41) is 6.52. The zero-order valence-corrected chi connectivity index (χ0v) is 15.5. The van der Waals surface area contributed by atoms with Gasteiger partial charge in [-0.15, -0.1) is 0 Å². The van der Waals surface area contributed by atoms with E-state index in [9.17, 15) is 9.18 Å². The molecule has 0 saturated heterocycles. The van der Waals surface area contributed by atoms with E-state index in [-0.39, 0.29) is 18.1 Å². The van der Waals surface area contributed by atoms with E-state index < -0.39 is 5.91 Å². The van der Waals surface area contributed by atoms with Crippen LogP contribution in [0, 0.1) is 5.82 Å². The molecule has 1 N–H and O–H groups in total. The Morgan fingerprint density at radius 1 is 1.21 bits per heavy atom. The molecule has 0 aliphatic heterocycles. The molecule has 146 valence electrons. The molecule has 4 aromatic rings. The Labute approximate surface area is 165 Å². The number of rotatable bonds is 6. The minimum absolute atomic E-state index is 0.0786. The number of nitrogens with zero attached hydrogens (tertiary/aromatic N) is 5. The third-order valence-electron chi connectivity index (χ3n) is 4.26. The number of carbonyl (C=O) groups is 1. The second-order valence-corrected chi connectivity index (χ2v) is 6.21. The van der Waals surface area contributed by atoms with Crippen LogP contribution in [-0.2, 0) is 13.0 Å². The van der Waals surface area contributed by atoms with Gasteiger partial charge in [-0.25, -0.2) is 14.4 Å². The van der Waals surface area contributed by atoms with Gasteiger partial charge in [-0.1, -0.05) is 30.3 Å². The number of hydrogen-bond acceptors (Lipinski definition) is 6. The molecule has 0 spiro atoms. The maximum Gasteiger partial charge on any atom is 0.271 e. The fraction of sp³-hybridized carbons (Fsp3) is 0.150. The summed E-state index contributed by atoms with van der Waals surface area (Å²) < 4.78 is 20.5. The highest BCUT2D eigenvalue weighted by molar-refractivity contribution is 5.92.